The summed E-state index contributed by atoms with van der Waals surface area (Å²) in [4.78, 5) is 12.5. The van der Waals surface area contributed by atoms with Crippen molar-refractivity contribution in [3.8, 4) is 11.5 Å². The molecule has 2 aromatic rings. The average molecular weight is 297 g/mol. The summed E-state index contributed by atoms with van der Waals surface area (Å²) in [6.45, 7) is 6.04. The molecule has 1 amide bonds. The van der Waals surface area contributed by atoms with Gasteiger partial charge < -0.3 is 14.8 Å². The van der Waals surface area contributed by atoms with Gasteiger partial charge in [0.2, 0.25) is 0 Å². The fourth-order valence-electron chi connectivity index (χ4n) is 1.92. The van der Waals surface area contributed by atoms with Gasteiger partial charge in [0.15, 0.2) is 0 Å². The Morgan fingerprint density at radius 2 is 1.73 bits per heavy atom. The molecule has 22 heavy (non-hydrogen) atoms. The van der Waals surface area contributed by atoms with Gasteiger partial charge in [0.05, 0.1) is 18.4 Å². The Labute approximate surface area is 130 Å². The van der Waals surface area contributed by atoms with Crippen molar-refractivity contribution in [2.45, 2.75) is 6.92 Å². The molecular formula is C18H19NO3. The van der Waals surface area contributed by atoms with Crippen LogP contribution in [0.2, 0.25) is 0 Å². The summed E-state index contributed by atoms with van der Waals surface area (Å²) in [5.41, 5.74) is 1.97. The van der Waals surface area contributed by atoms with E-state index in [2.05, 4.69) is 11.9 Å². The van der Waals surface area contributed by atoms with Gasteiger partial charge in [-0.2, -0.15) is 0 Å². The summed E-state index contributed by atoms with van der Waals surface area (Å²) < 4.78 is 10.9. The monoisotopic (exact) mass is 297 g/mol. The zero-order valence-corrected chi connectivity index (χ0v) is 12.8. The van der Waals surface area contributed by atoms with Gasteiger partial charge in [-0.05, 0) is 36.8 Å². The second kappa shape index (κ2) is 7.31. The van der Waals surface area contributed by atoms with Gasteiger partial charge in [0.25, 0.3) is 5.91 Å². The van der Waals surface area contributed by atoms with Gasteiger partial charge in [-0.3, -0.25) is 4.79 Å². The van der Waals surface area contributed by atoms with E-state index in [1.54, 1.807) is 37.4 Å². The molecule has 0 saturated heterocycles. The Balaban J connectivity index is 2.20. The van der Waals surface area contributed by atoms with E-state index in [1.165, 1.54) is 0 Å². The highest BCUT2D eigenvalue weighted by Crippen LogP contribution is 2.25. The lowest BCUT2D eigenvalue weighted by Crippen LogP contribution is -2.14. The van der Waals surface area contributed by atoms with Crippen LogP contribution in [-0.2, 0) is 0 Å². The number of amides is 1. The van der Waals surface area contributed by atoms with Gasteiger partial charge >= 0.3 is 0 Å². The Morgan fingerprint density at radius 1 is 1.09 bits per heavy atom. The highest BCUT2D eigenvalue weighted by Gasteiger charge is 2.14. The van der Waals surface area contributed by atoms with Crippen molar-refractivity contribution in [3.63, 3.8) is 0 Å². The first-order valence-electron chi connectivity index (χ1n) is 6.92. The second-order valence-electron chi connectivity index (χ2n) is 4.90. The maximum absolute atomic E-state index is 12.5. The highest BCUT2D eigenvalue weighted by atomic mass is 16.5. The van der Waals surface area contributed by atoms with Crippen molar-refractivity contribution in [2.75, 3.05) is 19.0 Å². The number of carbonyl (C=O) groups is 1. The second-order valence-corrected chi connectivity index (χ2v) is 4.90. The van der Waals surface area contributed by atoms with E-state index in [9.17, 15) is 4.79 Å². The maximum atomic E-state index is 12.5. The number of para-hydroxylation sites is 3. The van der Waals surface area contributed by atoms with E-state index in [1.807, 2.05) is 25.1 Å². The maximum Gasteiger partial charge on any atom is 0.259 e. The van der Waals surface area contributed by atoms with Crippen LogP contribution in [0.1, 0.15) is 17.3 Å². The SMILES string of the molecule is C=C(C)COc1ccccc1C(=O)Nc1ccccc1OC. The number of anilines is 1. The number of rotatable bonds is 6. The molecule has 0 atom stereocenters. The molecule has 114 valence electrons. The molecule has 0 heterocycles. The van der Waals surface area contributed by atoms with E-state index in [0.717, 1.165) is 5.57 Å². The number of carbonyl (C=O) groups excluding carboxylic acids is 1. The first-order chi connectivity index (χ1) is 10.6. The molecule has 0 aromatic heterocycles. The molecule has 0 aliphatic heterocycles. The molecule has 2 rings (SSSR count). The summed E-state index contributed by atoms with van der Waals surface area (Å²) in [7, 11) is 1.56. The lowest BCUT2D eigenvalue weighted by molar-refractivity contribution is 0.102. The summed E-state index contributed by atoms with van der Waals surface area (Å²) in [6.07, 6.45) is 0. The molecule has 4 heteroatoms. The van der Waals surface area contributed by atoms with Crippen molar-refractivity contribution in [3.05, 3.63) is 66.2 Å². The smallest absolute Gasteiger partial charge is 0.259 e. The quantitative estimate of drug-likeness (QED) is 0.823. The Hall–Kier alpha value is -2.75. The van der Waals surface area contributed by atoms with Gasteiger partial charge in [-0.15, -0.1) is 0 Å². The predicted octanol–water partition coefficient (Wildman–Crippen LogP) is 3.90. The Morgan fingerprint density at radius 3 is 2.41 bits per heavy atom. The van der Waals surface area contributed by atoms with Crippen molar-refractivity contribution >= 4 is 11.6 Å². The minimum atomic E-state index is -0.248. The lowest BCUT2D eigenvalue weighted by atomic mass is 10.1. The number of ether oxygens (including phenoxy) is 2. The number of nitrogens with one attached hydrogen (secondary N) is 1. The highest BCUT2D eigenvalue weighted by molar-refractivity contribution is 6.06. The van der Waals surface area contributed by atoms with Crippen LogP contribution >= 0.6 is 0 Å². The van der Waals surface area contributed by atoms with Crippen LogP contribution in [0.25, 0.3) is 0 Å². The van der Waals surface area contributed by atoms with Crippen LogP contribution in [0.4, 0.5) is 5.69 Å². The molecule has 2 aromatic carbocycles. The first kappa shape index (κ1) is 15.6. The number of hydrogen-bond acceptors (Lipinski definition) is 3. The summed E-state index contributed by atoms with van der Waals surface area (Å²) in [5.74, 6) is 0.885. The van der Waals surface area contributed by atoms with Gasteiger partial charge in [-0.25, -0.2) is 0 Å². The van der Waals surface area contributed by atoms with Crippen molar-refractivity contribution < 1.29 is 14.3 Å². The average Bonchev–Trinajstić information content (AvgIpc) is 2.53. The van der Waals surface area contributed by atoms with Gasteiger partial charge in [0, 0.05) is 0 Å². The third-order valence-electron chi connectivity index (χ3n) is 2.96. The molecule has 0 fully saturated rings. The molecule has 0 saturated carbocycles. The first-order valence-corrected chi connectivity index (χ1v) is 6.92. The number of methoxy groups -OCH3 is 1. The minimum Gasteiger partial charge on any atom is -0.495 e. The summed E-state index contributed by atoms with van der Waals surface area (Å²) >= 11 is 0. The fourth-order valence-corrected chi connectivity index (χ4v) is 1.92. The molecule has 1 N–H and O–H groups in total. The van der Waals surface area contributed by atoms with Crippen LogP contribution in [0, 0.1) is 0 Å². The fraction of sp³-hybridized carbons (Fsp3) is 0.167. The van der Waals surface area contributed by atoms with E-state index in [0.29, 0.717) is 29.4 Å². The Bertz CT molecular complexity index is 680. The van der Waals surface area contributed by atoms with Crippen molar-refractivity contribution in [2.24, 2.45) is 0 Å². The van der Waals surface area contributed by atoms with E-state index in [-0.39, 0.29) is 5.91 Å². The van der Waals surface area contributed by atoms with Gasteiger partial charge in [-0.1, -0.05) is 30.8 Å². The topological polar surface area (TPSA) is 47.6 Å². The van der Waals surface area contributed by atoms with E-state index in [4.69, 9.17) is 9.47 Å². The van der Waals surface area contributed by atoms with Crippen molar-refractivity contribution in [1.29, 1.82) is 0 Å². The van der Waals surface area contributed by atoms with Crippen molar-refractivity contribution in [1.82, 2.24) is 0 Å². The Kier molecular flexibility index (Phi) is 5.20. The van der Waals surface area contributed by atoms with Crippen LogP contribution < -0.4 is 14.8 Å². The molecule has 0 bridgehead atoms. The third kappa shape index (κ3) is 3.88. The molecule has 0 unspecified atom stereocenters. The molecular weight excluding hydrogens is 278 g/mol. The number of hydrogen-bond donors (Lipinski definition) is 1. The zero-order valence-electron chi connectivity index (χ0n) is 12.8. The standard InChI is InChI=1S/C18H19NO3/c1-13(2)12-22-16-10-6-4-8-14(16)18(20)19-15-9-5-7-11-17(15)21-3/h4-11H,1,12H2,2-3H3,(H,19,20). The van der Waals surface area contributed by atoms with Crippen LogP contribution in [0.3, 0.4) is 0 Å². The zero-order chi connectivity index (χ0) is 15.9. The van der Waals surface area contributed by atoms with E-state index < -0.39 is 0 Å². The predicted molar refractivity (Wildman–Crippen MR) is 87.7 cm³/mol. The van der Waals surface area contributed by atoms with E-state index >= 15 is 0 Å². The summed E-state index contributed by atoms with van der Waals surface area (Å²) in [5, 5.41) is 2.84. The molecule has 4 nitrogen and oxygen atoms in total. The third-order valence-corrected chi connectivity index (χ3v) is 2.96. The largest absolute Gasteiger partial charge is 0.495 e. The molecule has 0 radical (unpaired) electrons. The summed E-state index contributed by atoms with van der Waals surface area (Å²) in [6, 6.07) is 14.4. The normalized spacial score (nSPS) is 9.91. The molecule has 0 aliphatic rings. The van der Waals surface area contributed by atoms with Crippen LogP contribution in [-0.4, -0.2) is 19.6 Å². The van der Waals surface area contributed by atoms with Crippen LogP contribution in [0.15, 0.2) is 60.7 Å². The van der Waals surface area contributed by atoms with Gasteiger partial charge in [0.1, 0.15) is 18.1 Å². The number of benzene rings is 2. The lowest BCUT2D eigenvalue weighted by Gasteiger charge is -2.13. The minimum absolute atomic E-state index is 0.248. The molecule has 0 aliphatic carbocycles. The molecule has 0 spiro atoms. The van der Waals surface area contributed by atoms with Crippen LogP contribution in [0.5, 0.6) is 11.5 Å².